The molecule has 1 aromatic carbocycles. The van der Waals surface area contributed by atoms with Gasteiger partial charge in [-0.05, 0) is 67.5 Å². The van der Waals surface area contributed by atoms with Crippen LogP contribution in [0.5, 0.6) is 0 Å². The van der Waals surface area contributed by atoms with E-state index in [1.807, 2.05) is 0 Å². The van der Waals surface area contributed by atoms with Crippen LogP contribution < -0.4 is 5.32 Å². The molecule has 21 heavy (non-hydrogen) atoms. The second-order valence-corrected chi connectivity index (χ2v) is 7.93. The molecule has 118 valence electrons. The standard InChI is InChI=1S/C20H33N/c1-6-21-19-12-11-18(20(3,4)5)14-17(19)13-16-10-8-7-9-15(16)2/h7-10,17-19,21H,6,11-14H2,1-5H3. The maximum absolute atomic E-state index is 3.75. The molecule has 1 nitrogen and oxygen atoms in total. The molecule has 0 aliphatic heterocycles. The minimum atomic E-state index is 0.446. The summed E-state index contributed by atoms with van der Waals surface area (Å²) in [5.74, 6) is 1.64. The van der Waals surface area contributed by atoms with E-state index in [2.05, 4.69) is 64.2 Å². The Morgan fingerprint density at radius 2 is 1.86 bits per heavy atom. The smallest absolute Gasteiger partial charge is 0.00985 e. The average molecular weight is 287 g/mol. The molecule has 0 radical (unpaired) electrons. The fourth-order valence-corrected chi connectivity index (χ4v) is 3.93. The largest absolute Gasteiger partial charge is 0.314 e. The number of benzene rings is 1. The number of hydrogen-bond acceptors (Lipinski definition) is 1. The van der Waals surface area contributed by atoms with Crippen molar-refractivity contribution in [1.29, 1.82) is 0 Å². The SMILES string of the molecule is CCNC1CCC(C(C)(C)C)CC1Cc1ccccc1C. The van der Waals surface area contributed by atoms with Gasteiger partial charge >= 0.3 is 0 Å². The summed E-state index contributed by atoms with van der Waals surface area (Å²) < 4.78 is 0. The first-order valence-electron chi connectivity index (χ1n) is 8.69. The number of rotatable bonds is 4. The third kappa shape index (κ3) is 4.32. The first-order valence-corrected chi connectivity index (χ1v) is 8.69. The van der Waals surface area contributed by atoms with Gasteiger partial charge in [-0.1, -0.05) is 52.0 Å². The monoisotopic (exact) mass is 287 g/mol. The molecule has 1 aliphatic rings. The number of hydrogen-bond donors (Lipinski definition) is 1. The Hall–Kier alpha value is -0.820. The van der Waals surface area contributed by atoms with Crippen molar-refractivity contribution in [2.75, 3.05) is 6.54 Å². The van der Waals surface area contributed by atoms with Crippen molar-refractivity contribution in [2.24, 2.45) is 17.3 Å². The molecule has 1 aliphatic carbocycles. The van der Waals surface area contributed by atoms with Crippen LogP contribution in [0.2, 0.25) is 0 Å². The summed E-state index contributed by atoms with van der Waals surface area (Å²) in [5.41, 5.74) is 3.44. The first-order chi connectivity index (χ1) is 9.91. The van der Waals surface area contributed by atoms with Crippen molar-refractivity contribution in [3.8, 4) is 0 Å². The van der Waals surface area contributed by atoms with Crippen molar-refractivity contribution in [2.45, 2.75) is 66.3 Å². The van der Waals surface area contributed by atoms with Gasteiger partial charge in [0.25, 0.3) is 0 Å². The van der Waals surface area contributed by atoms with Crippen molar-refractivity contribution in [3.63, 3.8) is 0 Å². The number of aryl methyl sites for hydroxylation is 1. The summed E-state index contributed by atoms with van der Waals surface area (Å²) in [6.45, 7) is 12.8. The predicted octanol–water partition coefficient (Wildman–Crippen LogP) is 4.98. The lowest BCUT2D eigenvalue weighted by atomic mass is 9.66. The molecule has 1 heteroatoms. The van der Waals surface area contributed by atoms with E-state index in [1.54, 1.807) is 5.56 Å². The van der Waals surface area contributed by atoms with E-state index in [0.29, 0.717) is 11.5 Å². The van der Waals surface area contributed by atoms with Gasteiger partial charge in [0.05, 0.1) is 0 Å². The summed E-state index contributed by atoms with van der Waals surface area (Å²) in [6, 6.07) is 9.61. The van der Waals surface area contributed by atoms with E-state index < -0.39 is 0 Å². The van der Waals surface area contributed by atoms with E-state index >= 15 is 0 Å². The van der Waals surface area contributed by atoms with E-state index in [1.165, 1.54) is 31.2 Å². The fraction of sp³-hybridized carbons (Fsp3) is 0.700. The van der Waals surface area contributed by atoms with Crippen LogP contribution in [0.15, 0.2) is 24.3 Å². The molecule has 0 spiro atoms. The van der Waals surface area contributed by atoms with Gasteiger partial charge in [0.15, 0.2) is 0 Å². The zero-order chi connectivity index (χ0) is 15.5. The van der Waals surface area contributed by atoms with Crippen LogP contribution in [-0.2, 0) is 6.42 Å². The summed E-state index contributed by atoms with van der Waals surface area (Å²) in [4.78, 5) is 0. The van der Waals surface area contributed by atoms with E-state index in [-0.39, 0.29) is 0 Å². The summed E-state index contributed by atoms with van der Waals surface area (Å²) >= 11 is 0. The molecular formula is C20H33N. The Morgan fingerprint density at radius 1 is 1.14 bits per heavy atom. The highest BCUT2D eigenvalue weighted by atomic mass is 14.9. The maximum atomic E-state index is 3.75. The quantitative estimate of drug-likeness (QED) is 0.823. The molecule has 1 N–H and O–H groups in total. The molecule has 0 bridgehead atoms. The van der Waals surface area contributed by atoms with Crippen LogP contribution in [0.3, 0.4) is 0 Å². The predicted molar refractivity (Wildman–Crippen MR) is 92.6 cm³/mol. The van der Waals surface area contributed by atoms with Gasteiger partial charge < -0.3 is 5.32 Å². The third-order valence-electron chi connectivity index (χ3n) is 5.42. The lowest BCUT2D eigenvalue weighted by molar-refractivity contribution is 0.114. The summed E-state index contributed by atoms with van der Waals surface area (Å²) in [5, 5.41) is 3.75. The van der Waals surface area contributed by atoms with Gasteiger partial charge in [-0.2, -0.15) is 0 Å². The van der Waals surface area contributed by atoms with Gasteiger partial charge in [0.2, 0.25) is 0 Å². The summed E-state index contributed by atoms with van der Waals surface area (Å²) in [7, 11) is 0. The molecular weight excluding hydrogens is 254 g/mol. The van der Waals surface area contributed by atoms with E-state index in [9.17, 15) is 0 Å². The minimum Gasteiger partial charge on any atom is -0.314 e. The van der Waals surface area contributed by atoms with E-state index in [4.69, 9.17) is 0 Å². The van der Waals surface area contributed by atoms with E-state index in [0.717, 1.165) is 18.4 Å². The molecule has 1 aromatic rings. The Bertz CT molecular complexity index is 443. The van der Waals surface area contributed by atoms with Crippen LogP contribution in [-0.4, -0.2) is 12.6 Å². The highest BCUT2D eigenvalue weighted by Gasteiger charge is 2.35. The molecule has 3 atom stereocenters. The van der Waals surface area contributed by atoms with Crippen molar-refractivity contribution in [3.05, 3.63) is 35.4 Å². The van der Waals surface area contributed by atoms with Crippen LogP contribution in [0.25, 0.3) is 0 Å². The zero-order valence-corrected chi connectivity index (χ0v) is 14.6. The molecule has 2 rings (SSSR count). The van der Waals surface area contributed by atoms with Gasteiger partial charge in [-0.3, -0.25) is 0 Å². The second kappa shape index (κ2) is 6.96. The normalized spacial score (nSPS) is 26.8. The molecule has 0 amide bonds. The third-order valence-corrected chi connectivity index (χ3v) is 5.42. The Balaban J connectivity index is 2.12. The van der Waals surface area contributed by atoms with Crippen LogP contribution >= 0.6 is 0 Å². The summed E-state index contributed by atoms with van der Waals surface area (Å²) in [6.07, 6.45) is 5.32. The highest BCUT2D eigenvalue weighted by molar-refractivity contribution is 5.26. The zero-order valence-electron chi connectivity index (χ0n) is 14.6. The Morgan fingerprint density at radius 3 is 2.48 bits per heavy atom. The number of nitrogens with one attached hydrogen (secondary N) is 1. The topological polar surface area (TPSA) is 12.0 Å². The molecule has 0 aromatic heterocycles. The fourth-order valence-electron chi connectivity index (χ4n) is 3.93. The molecule has 3 unspecified atom stereocenters. The maximum Gasteiger partial charge on any atom is 0.00985 e. The van der Waals surface area contributed by atoms with Gasteiger partial charge in [0, 0.05) is 6.04 Å². The Kier molecular flexibility index (Phi) is 5.48. The molecule has 0 heterocycles. The van der Waals surface area contributed by atoms with Crippen LogP contribution in [0.1, 0.15) is 58.1 Å². The molecule has 0 saturated heterocycles. The minimum absolute atomic E-state index is 0.446. The highest BCUT2D eigenvalue weighted by Crippen LogP contribution is 2.41. The van der Waals surface area contributed by atoms with Gasteiger partial charge in [-0.25, -0.2) is 0 Å². The van der Waals surface area contributed by atoms with Crippen molar-refractivity contribution < 1.29 is 0 Å². The van der Waals surface area contributed by atoms with Gasteiger partial charge in [0.1, 0.15) is 0 Å². The lowest BCUT2D eigenvalue weighted by Crippen LogP contribution is -2.43. The average Bonchev–Trinajstić information content (AvgIpc) is 2.42. The van der Waals surface area contributed by atoms with Crippen molar-refractivity contribution >= 4 is 0 Å². The molecule has 1 saturated carbocycles. The first kappa shape index (κ1) is 16.5. The van der Waals surface area contributed by atoms with Crippen LogP contribution in [0, 0.1) is 24.2 Å². The Labute approximate surface area is 131 Å². The lowest BCUT2D eigenvalue weighted by Gasteiger charge is -2.42. The second-order valence-electron chi connectivity index (χ2n) is 7.93. The van der Waals surface area contributed by atoms with Crippen LogP contribution in [0.4, 0.5) is 0 Å². The molecule has 1 fully saturated rings. The van der Waals surface area contributed by atoms with Gasteiger partial charge in [-0.15, -0.1) is 0 Å². The van der Waals surface area contributed by atoms with Crippen molar-refractivity contribution in [1.82, 2.24) is 5.32 Å².